The summed E-state index contributed by atoms with van der Waals surface area (Å²) in [6, 6.07) is -0.995. The van der Waals surface area contributed by atoms with Crippen LogP contribution in [-0.2, 0) is 4.79 Å². The predicted molar refractivity (Wildman–Crippen MR) is 228 cm³/mol. The van der Waals surface area contributed by atoms with Crippen LogP contribution in [-0.4, -0.2) is 57.3 Å². The fraction of sp³-hybridized carbons (Fsp3) is 0.936. The second-order valence-electron chi connectivity index (χ2n) is 16.5. The van der Waals surface area contributed by atoms with Crippen LogP contribution in [0.1, 0.15) is 251 Å². The summed E-state index contributed by atoms with van der Waals surface area (Å²) in [4.78, 5) is 12.4. The third-order valence-electron chi connectivity index (χ3n) is 11.2. The van der Waals surface area contributed by atoms with Gasteiger partial charge in [-0.25, -0.2) is 0 Å². The summed E-state index contributed by atoms with van der Waals surface area (Å²) in [7, 11) is 0. The van der Waals surface area contributed by atoms with Crippen molar-refractivity contribution < 1.29 is 25.2 Å². The number of nitrogens with one attached hydrogen (secondary N) is 1. The van der Waals surface area contributed by atoms with Gasteiger partial charge < -0.3 is 25.7 Å². The molecule has 0 aromatic carbocycles. The molecule has 6 heteroatoms. The van der Waals surface area contributed by atoms with Gasteiger partial charge in [-0.05, 0) is 32.1 Å². The molecule has 0 aliphatic rings. The highest BCUT2D eigenvalue weighted by Gasteiger charge is 2.28. The van der Waals surface area contributed by atoms with Gasteiger partial charge in [0, 0.05) is 0 Å². The first-order valence-corrected chi connectivity index (χ1v) is 23.6. The highest BCUT2D eigenvalue weighted by molar-refractivity contribution is 5.80. The molecule has 0 saturated heterocycles. The van der Waals surface area contributed by atoms with Crippen LogP contribution in [0.5, 0.6) is 0 Å². The van der Waals surface area contributed by atoms with E-state index in [0.717, 1.165) is 32.1 Å². The molecular formula is C47H93NO5. The molecule has 0 saturated carbocycles. The van der Waals surface area contributed by atoms with Gasteiger partial charge in [-0.15, -0.1) is 0 Å². The number of allylic oxidation sites excluding steroid dienone is 2. The minimum Gasteiger partial charge on any atom is -0.394 e. The van der Waals surface area contributed by atoms with Crippen molar-refractivity contribution in [2.24, 2.45) is 0 Å². The highest BCUT2D eigenvalue weighted by atomic mass is 16.3. The molecule has 5 N–H and O–H groups in total. The Bertz CT molecular complexity index is 761. The van der Waals surface area contributed by atoms with Gasteiger partial charge in [0.2, 0.25) is 5.91 Å². The first kappa shape index (κ1) is 52.0. The number of unbranched alkanes of at least 4 members (excludes halogenated alkanes) is 32. The number of aliphatic hydroxyl groups is 4. The quantitative estimate of drug-likeness (QED) is 0.0315. The molecule has 0 fully saturated rings. The van der Waals surface area contributed by atoms with E-state index in [4.69, 9.17) is 0 Å². The molecule has 0 aliphatic carbocycles. The first-order chi connectivity index (χ1) is 26.0. The molecule has 4 unspecified atom stereocenters. The van der Waals surface area contributed by atoms with Crippen molar-refractivity contribution >= 4 is 5.91 Å². The van der Waals surface area contributed by atoms with Crippen LogP contribution in [0.2, 0.25) is 0 Å². The van der Waals surface area contributed by atoms with Crippen molar-refractivity contribution in [3.05, 3.63) is 12.2 Å². The smallest absolute Gasteiger partial charge is 0.249 e. The second-order valence-corrected chi connectivity index (χ2v) is 16.5. The number of carbonyl (C=O) groups is 1. The molecule has 1 amide bonds. The fourth-order valence-corrected chi connectivity index (χ4v) is 7.47. The lowest BCUT2D eigenvalue weighted by Gasteiger charge is -2.27. The van der Waals surface area contributed by atoms with Crippen LogP contribution >= 0.6 is 0 Å². The SMILES string of the molecule is CCCCCC/C=C\CCC(O)C(=O)NC(CO)C(O)C(O)CCCCCCCCCCCCCCCCCCCCCCCCCCCCCCC. The first-order valence-electron chi connectivity index (χ1n) is 23.6. The van der Waals surface area contributed by atoms with E-state index in [9.17, 15) is 25.2 Å². The summed E-state index contributed by atoms with van der Waals surface area (Å²) in [6.45, 7) is 3.99. The third kappa shape index (κ3) is 36.4. The molecule has 0 heterocycles. The molecule has 0 aromatic heterocycles. The standard InChI is InChI=1S/C47H93NO5/c1-3-5-7-9-11-13-14-15-16-17-18-19-20-21-22-23-24-25-26-27-28-29-30-31-32-33-35-36-38-40-44(50)46(52)43(42-49)48-47(53)45(51)41-39-37-34-12-10-8-6-4-2/h34,37,43-46,49-52H,3-33,35-36,38-42H2,1-2H3,(H,48,53)/b37-34-. The minimum absolute atomic E-state index is 0.285. The summed E-state index contributed by atoms with van der Waals surface area (Å²) in [5.41, 5.74) is 0. The lowest BCUT2D eigenvalue weighted by atomic mass is 9.99. The third-order valence-corrected chi connectivity index (χ3v) is 11.2. The van der Waals surface area contributed by atoms with E-state index in [2.05, 4.69) is 25.2 Å². The van der Waals surface area contributed by atoms with Gasteiger partial charge in [-0.1, -0.05) is 231 Å². The zero-order chi connectivity index (χ0) is 38.9. The molecule has 0 spiro atoms. The largest absolute Gasteiger partial charge is 0.394 e. The maximum Gasteiger partial charge on any atom is 0.249 e. The van der Waals surface area contributed by atoms with E-state index in [0.29, 0.717) is 12.8 Å². The summed E-state index contributed by atoms with van der Waals surface area (Å²) in [5, 5.41) is 43.4. The zero-order valence-corrected chi connectivity index (χ0v) is 35.5. The average molecular weight is 752 g/mol. The Morgan fingerprint density at radius 2 is 0.774 bits per heavy atom. The highest BCUT2D eigenvalue weighted by Crippen LogP contribution is 2.17. The average Bonchev–Trinajstić information content (AvgIpc) is 3.16. The van der Waals surface area contributed by atoms with Gasteiger partial charge in [0.25, 0.3) is 0 Å². The van der Waals surface area contributed by atoms with Crippen molar-refractivity contribution in [1.29, 1.82) is 0 Å². The van der Waals surface area contributed by atoms with Gasteiger partial charge in [-0.2, -0.15) is 0 Å². The van der Waals surface area contributed by atoms with Crippen molar-refractivity contribution in [2.45, 2.75) is 276 Å². The minimum atomic E-state index is -1.27. The van der Waals surface area contributed by atoms with E-state index in [1.54, 1.807) is 0 Å². The second kappa shape index (κ2) is 42.2. The molecular weight excluding hydrogens is 659 g/mol. The zero-order valence-electron chi connectivity index (χ0n) is 35.5. The topological polar surface area (TPSA) is 110 Å². The lowest BCUT2D eigenvalue weighted by Crippen LogP contribution is -2.53. The fourth-order valence-electron chi connectivity index (χ4n) is 7.47. The van der Waals surface area contributed by atoms with Gasteiger partial charge in [0.15, 0.2) is 0 Å². The van der Waals surface area contributed by atoms with Crippen LogP contribution in [0.3, 0.4) is 0 Å². The molecule has 0 aromatic rings. The molecule has 0 bridgehead atoms. The monoisotopic (exact) mass is 752 g/mol. The van der Waals surface area contributed by atoms with E-state index >= 15 is 0 Å². The summed E-state index contributed by atoms with van der Waals surface area (Å²) in [5.74, 6) is -0.618. The molecule has 0 radical (unpaired) electrons. The van der Waals surface area contributed by atoms with Crippen molar-refractivity contribution in [1.82, 2.24) is 5.32 Å². The van der Waals surface area contributed by atoms with E-state index in [-0.39, 0.29) is 6.42 Å². The van der Waals surface area contributed by atoms with Crippen molar-refractivity contribution in [3.63, 3.8) is 0 Å². The number of carbonyl (C=O) groups excluding carboxylic acids is 1. The molecule has 0 aliphatic heterocycles. The Balaban J connectivity index is 3.53. The normalized spacial score (nSPS) is 14.2. The molecule has 0 rings (SSSR count). The Hall–Kier alpha value is -0.950. The maximum atomic E-state index is 12.4. The van der Waals surface area contributed by atoms with Crippen LogP contribution in [0.15, 0.2) is 12.2 Å². The van der Waals surface area contributed by atoms with E-state index in [1.807, 2.05) is 6.08 Å². The van der Waals surface area contributed by atoms with Crippen LogP contribution in [0, 0.1) is 0 Å². The Morgan fingerprint density at radius 3 is 1.13 bits per heavy atom. The van der Waals surface area contributed by atoms with Crippen molar-refractivity contribution in [2.75, 3.05) is 6.61 Å². The van der Waals surface area contributed by atoms with Crippen LogP contribution < -0.4 is 5.32 Å². The summed E-state index contributed by atoms with van der Waals surface area (Å²) < 4.78 is 0. The number of aliphatic hydroxyl groups excluding tert-OH is 4. The molecule has 6 nitrogen and oxygen atoms in total. The number of amides is 1. The van der Waals surface area contributed by atoms with Gasteiger partial charge in [0.1, 0.15) is 12.2 Å². The Morgan fingerprint density at radius 1 is 0.453 bits per heavy atom. The van der Waals surface area contributed by atoms with Crippen LogP contribution in [0.4, 0.5) is 0 Å². The van der Waals surface area contributed by atoms with E-state index < -0.39 is 36.9 Å². The number of rotatable bonds is 43. The molecule has 53 heavy (non-hydrogen) atoms. The maximum absolute atomic E-state index is 12.4. The van der Waals surface area contributed by atoms with Gasteiger partial charge >= 0.3 is 0 Å². The Labute approximate surface area is 330 Å². The van der Waals surface area contributed by atoms with Crippen molar-refractivity contribution in [3.8, 4) is 0 Å². The lowest BCUT2D eigenvalue weighted by molar-refractivity contribution is -0.132. The Kier molecular flexibility index (Phi) is 41.4. The number of hydrogen-bond acceptors (Lipinski definition) is 5. The summed E-state index contributed by atoms with van der Waals surface area (Å²) in [6.07, 6.45) is 47.3. The predicted octanol–water partition coefficient (Wildman–Crippen LogP) is 12.6. The van der Waals surface area contributed by atoms with Gasteiger partial charge in [0.05, 0.1) is 18.8 Å². The molecule has 316 valence electrons. The number of hydrogen-bond donors (Lipinski definition) is 5. The van der Waals surface area contributed by atoms with Crippen LogP contribution in [0.25, 0.3) is 0 Å². The van der Waals surface area contributed by atoms with Gasteiger partial charge in [-0.3, -0.25) is 4.79 Å². The molecule has 4 atom stereocenters. The summed E-state index contributed by atoms with van der Waals surface area (Å²) >= 11 is 0. The van der Waals surface area contributed by atoms with E-state index in [1.165, 1.54) is 186 Å².